The lowest BCUT2D eigenvalue weighted by molar-refractivity contribution is 1.03. The minimum atomic E-state index is 0.654. The Kier molecular flexibility index (Phi) is 7.26. The van der Waals surface area contributed by atoms with E-state index < -0.39 is 0 Å². The van der Waals surface area contributed by atoms with E-state index in [1.165, 1.54) is 0 Å². The second-order valence-corrected chi connectivity index (χ2v) is 7.86. The van der Waals surface area contributed by atoms with Gasteiger partial charge in [-0.2, -0.15) is 10.5 Å². The summed E-state index contributed by atoms with van der Waals surface area (Å²) in [7, 11) is 0. The molecule has 2 aromatic heterocycles. The highest BCUT2D eigenvalue weighted by Gasteiger charge is 2.09. The molecule has 0 fully saturated rings. The third-order valence-electron chi connectivity index (χ3n) is 3.65. The molecule has 0 aliphatic rings. The van der Waals surface area contributed by atoms with Crippen LogP contribution in [-0.2, 0) is 0 Å². The maximum Gasteiger partial charge on any atom is 0.115 e. The van der Waals surface area contributed by atoms with Crippen molar-refractivity contribution in [1.82, 2.24) is 9.97 Å². The molecular formula is C20H20N4S2. The fourth-order valence-corrected chi connectivity index (χ4v) is 4.38. The normalized spacial score (nSPS) is 10.7. The fraction of sp³-hybridized carbons (Fsp3) is 0.300. The first-order valence-electron chi connectivity index (χ1n) is 8.13. The van der Waals surface area contributed by atoms with E-state index in [1.54, 1.807) is 23.5 Å². The quantitative estimate of drug-likeness (QED) is 0.524. The van der Waals surface area contributed by atoms with Gasteiger partial charge in [0.15, 0.2) is 0 Å². The predicted molar refractivity (Wildman–Crippen MR) is 107 cm³/mol. The maximum atomic E-state index is 9.29. The number of nitriles is 2. The van der Waals surface area contributed by atoms with Gasteiger partial charge in [0.2, 0.25) is 0 Å². The van der Waals surface area contributed by atoms with Gasteiger partial charge in [-0.1, -0.05) is 12.2 Å². The molecule has 0 aliphatic carbocycles. The monoisotopic (exact) mass is 380 g/mol. The lowest BCUT2D eigenvalue weighted by Gasteiger charge is -2.06. The molecule has 0 atom stereocenters. The SMILES string of the molecule is Cc1cc(C)c(C#N)c(SC/C=C/CSc2nc(C)cc(C)c2C#N)n1. The van der Waals surface area contributed by atoms with Gasteiger partial charge in [-0.3, -0.25) is 0 Å². The molecule has 0 spiro atoms. The Bertz CT molecular complexity index is 845. The van der Waals surface area contributed by atoms with Gasteiger partial charge in [-0.15, -0.1) is 23.5 Å². The highest BCUT2D eigenvalue weighted by Crippen LogP contribution is 2.25. The molecule has 0 saturated heterocycles. The Balaban J connectivity index is 1.94. The van der Waals surface area contributed by atoms with E-state index in [4.69, 9.17) is 0 Å². The van der Waals surface area contributed by atoms with Crippen molar-refractivity contribution in [1.29, 1.82) is 10.5 Å². The van der Waals surface area contributed by atoms with E-state index in [9.17, 15) is 10.5 Å². The minimum absolute atomic E-state index is 0.654. The first-order chi connectivity index (χ1) is 12.5. The number of thioether (sulfide) groups is 2. The van der Waals surface area contributed by atoms with Crippen molar-refractivity contribution in [2.75, 3.05) is 11.5 Å². The van der Waals surface area contributed by atoms with Gasteiger partial charge in [-0.05, 0) is 51.0 Å². The van der Waals surface area contributed by atoms with Crippen molar-refractivity contribution >= 4 is 23.5 Å². The zero-order valence-electron chi connectivity index (χ0n) is 15.3. The Morgan fingerprint density at radius 3 is 1.54 bits per heavy atom. The number of aromatic nitrogens is 2. The van der Waals surface area contributed by atoms with Crippen molar-refractivity contribution in [2.24, 2.45) is 0 Å². The standard InChI is InChI=1S/C20H20N4S2/c1-13-9-15(3)23-19(17(13)11-21)25-7-5-6-8-26-20-18(12-22)14(2)10-16(4)24-20/h5-6,9-10H,7-8H2,1-4H3/b6-5+. The molecule has 26 heavy (non-hydrogen) atoms. The van der Waals surface area contributed by atoms with Gasteiger partial charge >= 0.3 is 0 Å². The zero-order chi connectivity index (χ0) is 19.1. The molecule has 132 valence electrons. The van der Waals surface area contributed by atoms with Crippen LogP contribution in [0, 0.1) is 50.4 Å². The molecule has 0 unspecified atom stereocenters. The molecule has 0 saturated carbocycles. The van der Waals surface area contributed by atoms with Crippen LogP contribution in [0.5, 0.6) is 0 Å². The van der Waals surface area contributed by atoms with Crippen LogP contribution in [0.1, 0.15) is 33.6 Å². The van der Waals surface area contributed by atoms with Crippen LogP contribution in [0.3, 0.4) is 0 Å². The maximum absolute atomic E-state index is 9.29. The molecule has 0 aromatic carbocycles. The summed E-state index contributed by atoms with van der Waals surface area (Å²) in [6.07, 6.45) is 4.12. The Hall–Kier alpha value is -2.28. The van der Waals surface area contributed by atoms with Crippen LogP contribution in [0.15, 0.2) is 34.3 Å². The van der Waals surface area contributed by atoms with Crippen LogP contribution < -0.4 is 0 Å². The Labute approximate surface area is 163 Å². The zero-order valence-corrected chi connectivity index (χ0v) is 17.0. The minimum Gasteiger partial charge on any atom is -0.245 e. The predicted octanol–water partition coefficient (Wildman–Crippen LogP) is 4.89. The summed E-state index contributed by atoms with van der Waals surface area (Å²) in [4.78, 5) is 8.94. The van der Waals surface area contributed by atoms with Crippen LogP contribution in [-0.4, -0.2) is 21.5 Å². The van der Waals surface area contributed by atoms with Crippen molar-refractivity contribution < 1.29 is 0 Å². The second kappa shape index (κ2) is 9.43. The molecule has 0 amide bonds. The first-order valence-corrected chi connectivity index (χ1v) is 10.1. The average molecular weight is 381 g/mol. The number of nitrogens with zero attached hydrogens (tertiary/aromatic N) is 4. The third-order valence-corrected chi connectivity index (χ3v) is 5.50. The van der Waals surface area contributed by atoms with Crippen molar-refractivity contribution in [3.63, 3.8) is 0 Å². The fourth-order valence-electron chi connectivity index (χ4n) is 2.48. The number of pyridine rings is 2. The van der Waals surface area contributed by atoms with Crippen molar-refractivity contribution in [3.05, 3.63) is 57.9 Å². The molecule has 4 nitrogen and oxygen atoms in total. The summed E-state index contributed by atoms with van der Waals surface area (Å²) >= 11 is 3.12. The average Bonchev–Trinajstić information content (AvgIpc) is 2.57. The van der Waals surface area contributed by atoms with E-state index in [1.807, 2.05) is 39.8 Å². The largest absolute Gasteiger partial charge is 0.245 e. The summed E-state index contributed by atoms with van der Waals surface area (Å²) in [5, 5.41) is 20.2. The number of rotatable bonds is 6. The van der Waals surface area contributed by atoms with Crippen molar-refractivity contribution in [3.8, 4) is 12.1 Å². The van der Waals surface area contributed by atoms with E-state index in [-0.39, 0.29) is 0 Å². The highest BCUT2D eigenvalue weighted by molar-refractivity contribution is 7.99. The highest BCUT2D eigenvalue weighted by atomic mass is 32.2. The lowest BCUT2D eigenvalue weighted by Crippen LogP contribution is -1.95. The summed E-state index contributed by atoms with van der Waals surface area (Å²) in [6, 6.07) is 8.33. The van der Waals surface area contributed by atoms with Gasteiger partial charge in [0.1, 0.15) is 22.2 Å². The van der Waals surface area contributed by atoms with Crippen molar-refractivity contribution in [2.45, 2.75) is 37.7 Å². The topological polar surface area (TPSA) is 73.4 Å². The smallest absolute Gasteiger partial charge is 0.115 e. The van der Waals surface area contributed by atoms with Crippen LogP contribution in [0.25, 0.3) is 0 Å². The number of hydrogen-bond donors (Lipinski definition) is 0. The molecular weight excluding hydrogens is 360 g/mol. The van der Waals surface area contributed by atoms with E-state index >= 15 is 0 Å². The molecule has 0 N–H and O–H groups in total. The van der Waals surface area contributed by atoms with E-state index in [2.05, 4.69) is 34.3 Å². The Morgan fingerprint density at radius 2 is 1.19 bits per heavy atom. The molecule has 0 aliphatic heterocycles. The summed E-state index contributed by atoms with van der Waals surface area (Å²) in [5.41, 5.74) is 5.09. The van der Waals surface area contributed by atoms with E-state index in [0.29, 0.717) is 11.1 Å². The molecule has 2 rings (SSSR count). The van der Waals surface area contributed by atoms with Crippen LogP contribution in [0.4, 0.5) is 0 Å². The van der Waals surface area contributed by atoms with E-state index in [0.717, 1.165) is 44.1 Å². The van der Waals surface area contributed by atoms with Gasteiger partial charge < -0.3 is 0 Å². The molecule has 2 aromatic rings. The summed E-state index contributed by atoms with van der Waals surface area (Å²) in [6.45, 7) is 7.75. The van der Waals surface area contributed by atoms with Gasteiger partial charge in [0.25, 0.3) is 0 Å². The first kappa shape index (κ1) is 20.0. The van der Waals surface area contributed by atoms with Gasteiger partial charge in [0.05, 0.1) is 11.1 Å². The van der Waals surface area contributed by atoms with Crippen LogP contribution in [0.2, 0.25) is 0 Å². The molecule has 6 heteroatoms. The molecule has 2 heterocycles. The Morgan fingerprint density at radius 1 is 0.808 bits per heavy atom. The third kappa shape index (κ3) is 5.11. The summed E-state index contributed by atoms with van der Waals surface area (Å²) in [5.74, 6) is 1.49. The summed E-state index contributed by atoms with van der Waals surface area (Å²) < 4.78 is 0. The second-order valence-electron chi connectivity index (χ2n) is 5.84. The van der Waals surface area contributed by atoms with Gasteiger partial charge in [0, 0.05) is 22.9 Å². The number of aryl methyl sites for hydroxylation is 4. The lowest BCUT2D eigenvalue weighted by atomic mass is 10.1. The molecule has 0 radical (unpaired) electrons. The van der Waals surface area contributed by atoms with Gasteiger partial charge in [-0.25, -0.2) is 9.97 Å². The van der Waals surface area contributed by atoms with Crippen LogP contribution >= 0.6 is 23.5 Å². The molecule has 0 bridgehead atoms. The number of hydrogen-bond acceptors (Lipinski definition) is 6.